The fourth-order valence-corrected chi connectivity index (χ4v) is 4.14. The van der Waals surface area contributed by atoms with Crippen molar-refractivity contribution in [1.29, 1.82) is 0 Å². The SMILES string of the molecule is O=C(CCC1CCCCC1)NCCNS(=O)(=O)c1ccc(Cl)cc1. The molecule has 0 spiro atoms. The van der Waals surface area contributed by atoms with E-state index in [4.69, 9.17) is 11.6 Å². The van der Waals surface area contributed by atoms with Gasteiger partial charge in [-0.3, -0.25) is 4.79 Å². The number of hydrogen-bond acceptors (Lipinski definition) is 3. The minimum atomic E-state index is -3.56. The van der Waals surface area contributed by atoms with Crippen LogP contribution in [-0.2, 0) is 14.8 Å². The third kappa shape index (κ3) is 6.42. The molecule has 7 heteroatoms. The zero-order valence-electron chi connectivity index (χ0n) is 13.8. The monoisotopic (exact) mass is 372 g/mol. The summed E-state index contributed by atoms with van der Waals surface area (Å²) in [7, 11) is -3.56. The topological polar surface area (TPSA) is 75.3 Å². The first-order chi connectivity index (χ1) is 11.5. The Balaban J connectivity index is 1.64. The Bertz CT molecular complexity index is 626. The van der Waals surface area contributed by atoms with Crippen LogP contribution in [-0.4, -0.2) is 27.4 Å². The largest absolute Gasteiger partial charge is 0.355 e. The average molecular weight is 373 g/mol. The molecule has 0 bridgehead atoms. The van der Waals surface area contributed by atoms with Gasteiger partial charge in [-0.1, -0.05) is 43.7 Å². The number of halogens is 1. The minimum absolute atomic E-state index is 0.00809. The number of nitrogens with one attached hydrogen (secondary N) is 2. The summed E-state index contributed by atoms with van der Waals surface area (Å²) in [6.07, 6.45) is 7.78. The maximum absolute atomic E-state index is 12.1. The Hall–Kier alpha value is -1.11. The van der Waals surface area contributed by atoms with Crippen LogP contribution in [0.3, 0.4) is 0 Å². The van der Waals surface area contributed by atoms with E-state index >= 15 is 0 Å². The molecule has 1 amide bonds. The maximum Gasteiger partial charge on any atom is 0.240 e. The van der Waals surface area contributed by atoms with E-state index in [1.807, 2.05) is 0 Å². The molecule has 0 atom stereocenters. The van der Waals surface area contributed by atoms with E-state index in [2.05, 4.69) is 10.0 Å². The van der Waals surface area contributed by atoms with Crippen molar-refractivity contribution in [2.24, 2.45) is 5.92 Å². The summed E-state index contributed by atoms with van der Waals surface area (Å²) in [5.74, 6) is 0.666. The Labute approximate surface area is 149 Å². The highest BCUT2D eigenvalue weighted by atomic mass is 35.5. The summed E-state index contributed by atoms with van der Waals surface area (Å²) in [6.45, 7) is 0.455. The highest BCUT2D eigenvalue weighted by molar-refractivity contribution is 7.89. The highest BCUT2D eigenvalue weighted by Crippen LogP contribution is 2.27. The van der Waals surface area contributed by atoms with Crippen molar-refractivity contribution in [3.63, 3.8) is 0 Å². The lowest BCUT2D eigenvalue weighted by atomic mass is 9.86. The fraction of sp³-hybridized carbons (Fsp3) is 0.588. The molecule has 0 aliphatic heterocycles. The molecule has 1 saturated carbocycles. The van der Waals surface area contributed by atoms with Crippen LogP contribution in [0.1, 0.15) is 44.9 Å². The summed E-state index contributed by atoms with van der Waals surface area (Å²) in [5, 5.41) is 3.25. The van der Waals surface area contributed by atoms with Gasteiger partial charge in [0.2, 0.25) is 15.9 Å². The molecular formula is C17H25ClN2O3S. The first kappa shape index (κ1) is 19.2. The van der Waals surface area contributed by atoms with Crippen molar-refractivity contribution in [2.75, 3.05) is 13.1 Å². The highest BCUT2D eigenvalue weighted by Gasteiger charge is 2.15. The molecule has 0 saturated heterocycles. The molecule has 1 aromatic rings. The van der Waals surface area contributed by atoms with Gasteiger partial charge < -0.3 is 5.32 Å². The van der Waals surface area contributed by atoms with Gasteiger partial charge in [0.05, 0.1) is 4.90 Å². The molecule has 134 valence electrons. The van der Waals surface area contributed by atoms with Crippen LogP contribution in [0.25, 0.3) is 0 Å². The number of amides is 1. The van der Waals surface area contributed by atoms with Crippen LogP contribution in [0.5, 0.6) is 0 Å². The van der Waals surface area contributed by atoms with Crippen LogP contribution in [0, 0.1) is 5.92 Å². The van der Waals surface area contributed by atoms with Crippen LogP contribution in [0.15, 0.2) is 29.2 Å². The number of rotatable bonds is 8. The van der Waals surface area contributed by atoms with Crippen LogP contribution < -0.4 is 10.0 Å². The molecular weight excluding hydrogens is 348 g/mol. The Kier molecular flexibility index (Phi) is 7.52. The first-order valence-electron chi connectivity index (χ1n) is 8.49. The second-order valence-corrected chi connectivity index (χ2v) is 8.45. The zero-order chi connectivity index (χ0) is 17.4. The van der Waals surface area contributed by atoms with E-state index in [9.17, 15) is 13.2 Å². The third-order valence-corrected chi connectivity index (χ3v) is 6.10. The van der Waals surface area contributed by atoms with Crippen molar-refractivity contribution in [3.8, 4) is 0 Å². The van der Waals surface area contributed by atoms with Crippen LogP contribution >= 0.6 is 11.6 Å². The molecule has 24 heavy (non-hydrogen) atoms. The van der Waals surface area contributed by atoms with E-state index in [1.54, 1.807) is 0 Å². The lowest BCUT2D eigenvalue weighted by molar-refractivity contribution is -0.121. The average Bonchev–Trinajstić information content (AvgIpc) is 2.58. The van der Waals surface area contributed by atoms with Crippen molar-refractivity contribution < 1.29 is 13.2 Å². The molecule has 0 radical (unpaired) electrons. The lowest BCUT2D eigenvalue weighted by Crippen LogP contribution is -2.34. The minimum Gasteiger partial charge on any atom is -0.355 e. The molecule has 0 heterocycles. The number of carbonyl (C=O) groups excluding carboxylic acids is 1. The predicted octanol–water partition coefficient (Wildman–Crippen LogP) is 3.10. The Morgan fingerprint density at radius 3 is 2.42 bits per heavy atom. The van der Waals surface area contributed by atoms with Gasteiger partial charge in [-0.25, -0.2) is 13.1 Å². The lowest BCUT2D eigenvalue weighted by Gasteiger charge is -2.20. The molecule has 5 nitrogen and oxygen atoms in total. The third-order valence-electron chi connectivity index (χ3n) is 4.37. The molecule has 2 rings (SSSR count). The predicted molar refractivity (Wildman–Crippen MR) is 95.5 cm³/mol. The summed E-state index contributed by atoms with van der Waals surface area (Å²) >= 11 is 5.75. The molecule has 2 N–H and O–H groups in total. The fourth-order valence-electron chi connectivity index (χ4n) is 2.98. The van der Waals surface area contributed by atoms with Gasteiger partial charge >= 0.3 is 0 Å². The van der Waals surface area contributed by atoms with Gasteiger partial charge in [-0.2, -0.15) is 0 Å². The molecule has 0 unspecified atom stereocenters. The summed E-state index contributed by atoms with van der Waals surface area (Å²) < 4.78 is 26.6. The van der Waals surface area contributed by atoms with Gasteiger partial charge in [0, 0.05) is 24.5 Å². The summed E-state index contributed by atoms with van der Waals surface area (Å²) in [5.41, 5.74) is 0. The molecule has 0 aromatic heterocycles. The van der Waals surface area contributed by atoms with E-state index < -0.39 is 10.0 Å². The second-order valence-electron chi connectivity index (χ2n) is 6.24. The molecule has 1 aliphatic rings. The molecule has 1 aliphatic carbocycles. The number of hydrogen-bond donors (Lipinski definition) is 2. The normalized spacial score (nSPS) is 16.0. The number of benzene rings is 1. The smallest absolute Gasteiger partial charge is 0.240 e. The summed E-state index contributed by atoms with van der Waals surface area (Å²) in [4.78, 5) is 12.0. The van der Waals surface area contributed by atoms with Gasteiger partial charge in [0.1, 0.15) is 0 Å². The maximum atomic E-state index is 12.1. The Morgan fingerprint density at radius 2 is 1.75 bits per heavy atom. The number of sulfonamides is 1. The van der Waals surface area contributed by atoms with Crippen molar-refractivity contribution in [1.82, 2.24) is 10.0 Å². The van der Waals surface area contributed by atoms with Crippen molar-refractivity contribution >= 4 is 27.5 Å². The quantitative estimate of drug-likeness (QED) is 0.688. The van der Waals surface area contributed by atoms with E-state index in [0.29, 0.717) is 17.4 Å². The van der Waals surface area contributed by atoms with Gasteiger partial charge in [-0.05, 0) is 36.6 Å². The standard InChI is InChI=1S/C17H25ClN2O3S/c18-15-7-9-16(10-8-15)24(22,23)20-13-12-19-17(21)11-6-14-4-2-1-3-5-14/h7-10,14,20H,1-6,11-13H2,(H,19,21). The molecule has 1 fully saturated rings. The van der Waals surface area contributed by atoms with Crippen LogP contribution in [0.2, 0.25) is 5.02 Å². The van der Waals surface area contributed by atoms with E-state index in [-0.39, 0.29) is 23.9 Å². The van der Waals surface area contributed by atoms with Crippen molar-refractivity contribution in [2.45, 2.75) is 49.8 Å². The number of carbonyl (C=O) groups is 1. The molecule has 1 aromatic carbocycles. The van der Waals surface area contributed by atoms with Crippen LogP contribution in [0.4, 0.5) is 0 Å². The first-order valence-corrected chi connectivity index (χ1v) is 10.4. The zero-order valence-corrected chi connectivity index (χ0v) is 15.3. The van der Waals surface area contributed by atoms with Gasteiger partial charge in [0.25, 0.3) is 0 Å². The second kappa shape index (κ2) is 9.39. The van der Waals surface area contributed by atoms with E-state index in [0.717, 1.165) is 6.42 Å². The van der Waals surface area contributed by atoms with Gasteiger partial charge in [-0.15, -0.1) is 0 Å². The van der Waals surface area contributed by atoms with Crippen molar-refractivity contribution in [3.05, 3.63) is 29.3 Å². The summed E-state index contributed by atoms with van der Waals surface area (Å²) in [6, 6.07) is 5.97. The Morgan fingerprint density at radius 1 is 1.08 bits per heavy atom. The van der Waals surface area contributed by atoms with E-state index in [1.165, 1.54) is 56.4 Å². The van der Waals surface area contributed by atoms with Gasteiger partial charge in [0.15, 0.2) is 0 Å².